The van der Waals surface area contributed by atoms with Gasteiger partial charge in [-0.05, 0) is 24.3 Å². The number of aliphatic carboxylic acids is 1. The molecule has 3 nitrogen and oxygen atoms in total. The second kappa shape index (κ2) is 3.10. The van der Waals surface area contributed by atoms with E-state index in [1.807, 2.05) is 30.3 Å². The Morgan fingerprint density at radius 2 is 2.14 bits per heavy atom. The summed E-state index contributed by atoms with van der Waals surface area (Å²) in [5, 5.41) is 8.84. The van der Waals surface area contributed by atoms with E-state index in [1.54, 1.807) is 0 Å². The number of hydrogen-bond donors (Lipinski definition) is 2. The summed E-state index contributed by atoms with van der Waals surface area (Å²) in [7, 11) is 0. The number of rotatable bonds is 3. The van der Waals surface area contributed by atoms with Crippen LogP contribution < -0.4 is 5.73 Å². The molecular weight excluding hydrogens is 178 g/mol. The Morgan fingerprint density at radius 1 is 1.50 bits per heavy atom. The predicted octanol–water partition coefficient (Wildman–Crippen LogP) is 1.03. The molecule has 3 N–H and O–H groups in total. The summed E-state index contributed by atoms with van der Waals surface area (Å²) in [6.07, 6.45) is 1.36. The van der Waals surface area contributed by atoms with Crippen LogP contribution in [0.25, 0.3) is 0 Å². The fourth-order valence-corrected chi connectivity index (χ4v) is 1.76. The molecule has 14 heavy (non-hydrogen) atoms. The minimum atomic E-state index is -0.962. The van der Waals surface area contributed by atoms with Crippen LogP contribution in [-0.4, -0.2) is 16.6 Å². The van der Waals surface area contributed by atoms with Gasteiger partial charge in [0.15, 0.2) is 0 Å². The van der Waals surface area contributed by atoms with Crippen LogP contribution in [0.3, 0.4) is 0 Å². The third-order valence-corrected chi connectivity index (χ3v) is 2.88. The SMILES string of the molecule is NC1(C(=O)O)C[C@H]1Cc1ccccc1. The highest BCUT2D eigenvalue weighted by atomic mass is 16.4. The van der Waals surface area contributed by atoms with Crippen molar-refractivity contribution in [2.24, 2.45) is 11.7 Å². The van der Waals surface area contributed by atoms with Crippen LogP contribution in [0.4, 0.5) is 0 Å². The Balaban J connectivity index is 2.00. The topological polar surface area (TPSA) is 63.3 Å². The van der Waals surface area contributed by atoms with E-state index < -0.39 is 11.5 Å². The van der Waals surface area contributed by atoms with E-state index in [0.29, 0.717) is 6.42 Å². The van der Waals surface area contributed by atoms with Crippen LogP contribution in [-0.2, 0) is 11.2 Å². The van der Waals surface area contributed by atoms with E-state index in [0.717, 1.165) is 12.0 Å². The highest BCUT2D eigenvalue weighted by Crippen LogP contribution is 2.43. The molecular formula is C11H13NO2. The molecule has 2 rings (SSSR count). The zero-order valence-corrected chi connectivity index (χ0v) is 7.81. The van der Waals surface area contributed by atoms with Crippen LogP contribution in [0.15, 0.2) is 30.3 Å². The van der Waals surface area contributed by atoms with E-state index in [1.165, 1.54) is 0 Å². The van der Waals surface area contributed by atoms with Gasteiger partial charge in [-0.2, -0.15) is 0 Å². The monoisotopic (exact) mass is 191 g/mol. The van der Waals surface area contributed by atoms with E-state index in [4.69, 9.17) is 10.8 Å². The molecule has 1 aromatic rings. The quantitative estimate of drug-likeness (QED) is 0.750. The lowest BCUT2D eigenvalue weighted by atomic mass is 10.1. The standard InChI is InChI=1S/C11H13NO2/c12-11(10(13)14)7-9(11)6-8-4-2-1-3-5-8/h1-5,9H,6-7,12H2,(H,13,14)/t9-,11?/m1/s1. The lowest BCUT2D eigenvalue weighted by Crippen LogP contribution is -2.35. The first-order valence-electron chi connectivity index (χ1n) is 4.69. The summed E-state index contributed by atoms with van der Waals surface area (Å²) in [6.45, 7) is 0. The van der Waals surface area contributed by atoms with Gasteiger partial charge >= 0.3 is 5.97 Å². The van der Waals surface area contributed by atoms with Gasteiger partial charge in [-0.1, -0.05) is 30.3 Å². The van der Waals surface area contributed by atoms with Gasteiger partial charge in [0, 0.05) is 0 Å². The van der Waals surface area contributed by atoms with Gasteiger partial charge in [0.05, 0.1) is 0 Å². The molecule has 0 heterocycles. The van der Waals surface area contributed by atoms with Gasteiger partial charge < -0.3 is 10.8 Å². The number of nitrogens with two attached hydrogens (primary N) is 1. The molecule has 2 atom stereocenters. The molecule has 1 aliphatic carbocycles. The Hall–Kier alpha value is -1.35. The number of carboxylic acids is 1. The molecule has 1 saturated carbocycles. The number of benzene rings is 1. The Labute approximate surface area is 82.5 Å². The van der Waals surface area contributed by atoms with E-state index in [9.17, 15) is 4.79 Å². The van der Waals surface area contributed by atoms with E-state index in [2.05, 4.69) is 0 Å². The molecule has 0 amide bonds. The number of carbonyl (C=O) groups is 1. The Morgan fingerprint density at radius 3 is 2.64 bits per heavy atom. The van der Waals surface area contributed by atoms with Crippen LogP contribution in [0.1, 0.15) is 12.0 Å². The lowest BCUT2D eigenvalue weighted by molar-refractivity contribution is -0.140. The van der Waals surface area contributed by atoms with Gasteiger partial charge in [-0.3, -0.25) is 4.79 Å². The Bertz CT molecular complexity index is 350. The molecule has 1 aromatic carbocycles. The fraction of sp³-hybridized carbons (Fsp3) is 0.364. The minimum Gasteiger partial charge on any atom is -0.480 e. The van der Waals surface area contributed by atoms with Gasteiger partial charge in [-0.15, -0.1) is 0 Å². The second-order valence-corrected chi connectivity index (χ2v) is 3.94. The summed E-state index contributed by atoms with van der Waals surface area (Å²) in [6, 6.07) is 9.86. The van der Waals surface area contributed by atoms with Crippen molar-refractivity contribution < 1.29 is 9.90 Å². The largest absolute Gasteiger partial charge is 0.480 e. The van der Waals surface area contributed by atoms with Crippen molar-refractivity contribution in [3.8, 4) is 0 Å². The lowest BCUT2D eigenvalue weighted by Gasteiger charge is -2.04. The van der Waals surface area contributed by atoms with Crippen molar-refractivity contribution >= 4 is 5.97 Å². The second-order valence-electron chi connectivity index (χ2n) is 3.94. The molecule has 1 unspecified atom stereocenters. The first-order valence-corrected chi connectivity index (χ1v) is 4.69. The molecule has 0 aliphatic heterocycles. The van der Waals surface area contributed by atoms with Crippen LogP contribution >= 0.6 is 0 Å². The summed E-state index contributed by atoms with van der Waals surface area (Å²) in [5.41, 5.74) is 5.88. The van der Waals surface area contributed by atoms with Crippen LogP contribution in [0, 0.1) is 5.92 Å². The minimum absolute atomic E-state index is 0.0994. The molecule has 0 bridgehead atoms. The van der Waals surface area contributed by atoms with Gasteiger partial charge in [0.1, 0.15) is 5.54 Å². The maximum absolute atomic E-state index is 10.8. The van der Waals surface area contributed by atoms with Crippen LogP contribution in [0.5, 0.6) is 0 Å². The summed E-state index contributed by atoms with van der Waals surface area (Å²) in [5.74, 6) is -0.777. The molecule has 0 aromatic heterocycles. The molecule has 3 heteroatoms. The maximum Gasteiger partial charge on any atom is 0.323 e. The summed E-state index contributed by atoms with van der Waals surface area (Å²) >= 11 is 0. The zero-order valence-electron chi connectivity index (χ0n) is 7.81. The van der Waals surface area contributed by atoms with E-state index in [-0.39, 0.29) is 5.92 Å². The molecule has 0 spiro atoms. The van der Waals surface area contributed by atoms with Crippen LogP contribution in [0.2, 0.25) is 0 Å². The van der Waals surface area contributed by atoms with Gasteiger partial charge in [0.25, 0.3) is 0 Å². The molecule has 1 fully saturated rings. The third kappa shape index (κ3) is 1.51. The third-order valence-electron chi connectivity index (χ3n) is 2.88. The Kier molecular flexibility index (Phi) is 2.04. The van der Waals surface area contributed by atoms with E-state index >= 15 is 0 Å². The summed E-state index contributed by atoms with van der Waals surface area (Å²) in [4.78, 5) is 10.8. The highest BCUT2D eigenvalue weighted by molar-refractivity contribution is 5.82. The molecule has 1 aliphatic rings. The number of hydrogen-bond acceptors (Lipinski definition) is 2. The highest BCUT2D eigenvalue weighted by Gasteiger charge is 2.57. The zero-order chi connectivity index (χ0) is 10.2. The van der Waals surface area contributed by atoms with Crippen molar-refractivity contribution in [2.75, 3.05) is 0 Å². The van der Waals surface area contributed by atoms with Crippen molar-refractivity contribution in [1.29, 1.82) is 0 Å². The smallest absolute Gasteiger partial charge is 0.323 e. The predicted molar refractivity (Wildman–Crippen MR) is 52.8 cm³/mol. The average Bonchev–Trinajstić information content (AvgIpc) is 2.80. The first-order chi connectivity index (χ1) is 6.63. The van der Waals surface area contributed by atoms with Gasteiger partial charge in [-0.25, -0.2) is 0 Å². The number of carboxylic acid groups (broad SMARTS) is 1. The molecule has 74 valence electrons. The maximum atomic E-state index is 10.8. The normalized spacial score (nSPS) is 29.9. The van der Waals surface area contributed by atoms with Crippen molar-refractivity contribution in [3.63, 3.8) is 0 Å². The average molecular weight is 191 g/mol. The van der Waals surface area contributed by atoms with Crippen molar-refractivity contribution in [2.45, 2.75) is 18.4 Å². The van der Waals surface area contributed by atoms with Crippen molar-refractivity contribution in [1.82, 2.24) is 0 Å². The van der Waals surface area contributed by atoms with Crippen molar-refractivity contribution in [3.05, 3.63) is 35.9 Å². The molecule has 0 saturated heterocycles. The fourth-order valence-electron chi connectivity index (χ4n) is 1.76. The first kappa shape index (κ1) is 9.21. The summed E-state index contributed by atoms with van der Waals surface area (Å²) < 4.78 is 0. The molecule has 0 radical (unpaired) electrons. The van der Waals surface area contributed by atoms with Gasteiger partial charge in [0.2, 0.25) is 0 Å².